The van der Waals surface area contributed by atoms with Gasteiger partial charge in [-0.15, -0.1) is 11.3 Å². The normalized spacial score (nSPS) is 26.8. The molecule has 1 amide bonds. The van der Waals surface area contributed by atoms with Crippen LogP contribution in [-0.4, -0.2) is 24.0 Å². The number of carbonyl (C=O) groups excluding carboxylic acids is 1. The predicted octanol–water partition coefficient (Wildman–Crippen LogP) is 3.43. The molecule has 2 N–H and O–H groups in total. The van der Waals surface area contributed by atoms with E-state index in [1.165, 1.54) is 24.2 Å². The second kappa shape index (κ2) is 5.86. The van der Waals surface area contributed by atoms with Crippen LogP contribution in [0, 0.1) is 0 Å². The van der Waals surface area contributed by atoms with E-state index in [1.807, 2.05) is 29.6 Å². The molecule has 0 spiro atoms. The molecule has 22 heavy (non-hydrogen) atoms. The summed E-state index contributed by atoms with van der Waals surface area (Å²) in [6.45, 7) is 0. The lowest BCUT2D eigenvalue weighted by Crippen LogP contribution is -2.47. The number of fused-ring (bicyclic) bond motifs is 2. The molecule has 2 aromatic rings. The molecule has 2 bridgehead atoms. The molecule has 1 aromatic carbocycles. The van der Waals surface area contributed by atoms with Crippen molar-refractivity contribution in [3.8, 4) is 11.1 Å². The van der Waals surface area contributed by atoms with Crippen molar-refractivity contribution in [3.63, 3.8) is 0 Å². The number of thiophene rings is 1. The molecule has 2 aliphatic rings. The van der Waals surface area contributed by atoms with Gasteiger partial charge in [0.25, 0.3) is 5.91 Å². The third kappa shape index (κ3) is 2.69. The Balaban J connectivity index is 1.51. The van der Waals surface area contributed by atoms with Crippen molar-refractivity contribution >= 4 is 17.2 Å². The van der Waals surface area contributed by atoms with Gasteiger partial charge in [-0.1, -0.05) is 30.3 Å². The number of amides is 1. The summed E-state index contributed by atoms with van der Waals surface area (Å²) in [6, 6.07) is 13.7. The fourth-order valence-corrected chi connectivity index (χ4v) is 4.58. The van der Waals surface area contributed by atoms with Crippen molar-refractivity contribution in [2.24, 2.45) is 0 Å². The Labute approximate surface area is 134 Å². The number of benzene rings is 1. The minimum absolute atomic E-state index is 0.0835. The van der Waals surface area contributed by atoms with Crippen LogP contribution in [0.2, 0.25) is 0 Å². The van der Waals surface area contributed by atoms with Crippen LogP contribution in [0.1, 0.15) is 35.4 Å². The van der Waals surface area contributed by atoms with Crippen LogP contribution in [0.15, 0.2) is 41.8 Å². The van der Waals surface area contributed by atoms with Gasteiger partial charge in [0.15, 0.2) is 0 Å². The van der Waals surface area contributed by atoms with Crippen LogP contribution in [0.25, 0.3) is 11.1 Å². The van der Waals surface area contributed by atoms with Gasteiger partial charge in [0.2, 0.25) is 0 Å². The van der Waals surface area contributed by atoms with Gasteiger partial charge in [0.1, 0.15) is 0 Å². The van der Waals surface area contributed by atoms with Gasteiger partial charge in [-0.25, -0.2) is 0 Å². The van der Waals surface area contributed by atoms with Crippen LogP contribution in [-0.2, 0) is 0 Å². The van der Waals surface area contributed by atoms with Crippen molar-refractivity contribution in [2.45, 2.75) is 43.8 Å². The molecule has 2 saturated heterocycles. The first-order valence-electron chi connectivity index (χ1n) is 7.99. The lowest BCUT2D eigenvalue weighted by atomic mass is 9.99. The van der Waals surface area contributed by atoms with E-state index in [1.54, 1.807) is 0 Å². The lowest BCUT2D eigenvalue weighted by Gasteiger charge is -2.29. The molecule has 3 heterocycles. The first-order valence-corrected chi connectivity index (χ1v) is 8.87. The summed E-state index contributed by atoms with van der Waals surface area (Å²) in [7, 11) is 0. The third-order valence-electron chi connectivity index (χ3n) is 4.76. The summed E-state index contributed by atoms with van der Waals surface area (Å²) in [6.07, 6.45) is 4.64. The van der Waals surface area contributed by atoms with Crippen LogP contribution in [0.3, 0.4) is 0 Å². The number of carbonyl (C=O) groups is 1. The number of rotatable bonds is 3. The smallest absolute Gasteiger partial charge is 0.262 e. The van der Waals surface area contributed by atoms with Crippen molar-refractivity contribution in [1.29, 1.82) is 0 Å². The van der Waals surface area contributed by atoms with Crippen LogP contribution < -0.4 is 10.6 Å². The summed E-state index contributed by atoms with van der Waals surface area (Å²) in [5.41, 5.74) is 2.15. The largest absolute Gasteiger partial charge is 0.348 e. The fourth-order valence-electron chi connectivity index (χ4n) is 3.76. The standard InChI is InChI=1S/C18H20N2OS/c21-18(20-15-10-13-6-7-14(11-15)19-13)17-16(8-9-22-17)12-4-2-1-3-5-12/h1-5,8-9,13-15,19H,6-7,10-11H2,(H,20,21). The first-order chi connectivity index (χ1) is 10.8. The molecule has 0 aliphatic carbocycles. The summed E-state index contributed by atoms with van der Waals surface area (Å²) in [5.74, 6) is 0.0835. The van der Waals surface area contributed by atoms with Gasteiger partial charge in [0, 0.05) is 23.7 Å². The summed E-state index contributed by atoms with van der Waals surface area (Å²) in [5, 5.41) is 8.88. The van der Waals surface area contributed by atoms with Crippen molar-refractivity contribution in [3.05, 3.63) is 46.7 Å². The van der Waals surface area contributed by atoms with E-state index in [4.69, 9.17) is 0 Å². The molecular weight excluding hydrogens is 292 g/mol. The number of hydrogen-bond donors (Lipinski definition) is 2. The van der Waals surface area contributed by atoms with Crippen molar-refractivity contribution < 1.29 is 4.79 Å². The molecule has 4 heteroatoms. The third-order valence-corrected chi connectivity index (χ3v) is 5.68. The second-order valence-electron chi connectivity index (χ2n) is 6.31. The van der Waals surface area contributed by atoms with E-state index in [0.717, 1.165) is 28.8 Å². The zero-order chi connectivity index (χ0) is 14.9. The van der Waals surface area contributed by atoms with Gasteiger partial charge in [-0.3, -0.25) is 4.79 Å². The maximum Gasteiger partial charge on any atom is 0.262 e. The zero-order valence-electron chi connectivity index (χ0n) is 12.4. The van der Waals surface area contributed by atoms with Crippen molar-refractivity contribution in [2.75, 3.05) is 0 Å². The Morgan fingerprint density at radius 1 is 1.09 bits per heavy atom. The Bertz CT molecular complexity index is 655. The van der Waals surface area contributed by atoms with E-state index < -0.39 is 0 Å². The highest BCUT2D eigenvalue weighted by Crippen LogP contribution is 2.30. The van der Waals surface area contributed by atoms with Gasteiger partial charge in [-0.2, -0.15) is 0 Å². The van der Waals surface area contributed by atoms with E-state index in [2.05, 4.69) is 22.8 Å². The monoisotopic (exact) mass is 312 g/mol. The molecule has 0 radical (unpaired) electrons. The average Bonchev–Trinajstić information content (AvgIpc) is 3.15. The number of piperidine rings is 1. The van der Waals surface area contributed by atoms with E-state index in [9.17, 15) is 4.79 Å². The lowest BCUT2D eigenvalue weighted by molar-refractivity contribution is 0.0928. The number of nitrogens with one attached hydrogen (secondary N) is 2. The molecular formula is C18H20N2OS. The van der Waals surface area contributed by atoms with Crippen LogP contribution >= 0.6 is 11.3 Å². The fraction of sp³-hybridized carbons (Fsp3) is 0.389. The Morgan fingerprint density at radius 3 is 2.55 bits per heavy atom. The summed E-state index contributed by atoms with van der Waals surface area (Å²) < 4.78 is 0. The quantitative estimate of drug-likeness (QED) is 0.911. The highest BCUT2D eigenvalue weighted by atomic mass is 32.1. The molecule has 2 atom stereocenters. The highest BCUT2D eigenvalue weighted by molar-refractivity contribution is 7.12. The van der Waals surface area contributed by atoms with E-state index >= 15 is 0 Å². The van der Waals surface area contributed by atoms with Crippen LogP contribution in [0.4, 0.5) is 0 Å². The maximum atomic E-state index is 12.7. The van der Waals surface area contributed by atoms with Gasteiger partial charge < -0.3 is 10.6 Å². The molecule has 3 nitrogen and oxygen atoms in total. The minimum atomic E-state index is 0.0835. The van der Waals surface area contributed by atoms with E-state index in [-0.39, 0.29) is 5.91 Å². The van der Waals surface area contributed by atoms with Crippen molar-refractivity contribution in [1.82, 2.24) is 10.6 Å². The molecule has 4 rings (SSSR count). The molecule has 2 aliphatic heterocycles. The Hall–Kier alpha value is -1.65. The van der Waals surface area contributed by atoms with Gasteiger partial charge >= 0.3 is 0 Å². The van der Waals surface area contributed by atoms with Gasteiger partial charge in [0.05, 0.1) is 4.88 Å². The number of hydrogen-bond acceptors (Lipinski definition) is 3. The first kappa shape index (κ1) is 14.0. The predicted molar refractivity (Wildman–Crippen MR) is 90.2 cm³/mol. The topological polar surface area (TPSA) is 41.1 Å². The summed E-state index contributed by atoms with van der Waals surface area (Å²) in [4.78, 5) is 13.5. The van der Waals surface area contributed by atoms with E-state index in [0.29, 0.717) is 18.1 Å². The Kier molecular flexibility index (Phi) is 3.72. The SMILES string of the molecule is O=C(NC1CC2CCC(C1)N2)c1sccc1-c1ccccc1. The molecule has 2 fully saturated rings. The summed E-state index contributed by atoms with van der Waals surface area (Å²) >= 11 is 1.53. The minimum Gasteiger partial charge on any atom is -0.348 e. The zero-order valence-corrected chi connectivity index (χ0v) is 13.2. The Morgan fingerprint density at radius 2 is 1.82 bits per heavy atom. The molecule has 0 saturated carbocycles. The van der Waals surface area contributed by atoms with Gasteiger partial charge in [-0.05, 0) is 42.7 Å². The second-order valence-corrected chi connectivity index (χ2v) is 7.23. The highest BCUT2D eigenvalue weighted by Gasteiger charge is 2.34. The molecule has 114 valence electrons. The molecule has 1 aromatic heterocycles. The van der Waals surface area contributed by atoms with Crippen LogP contribution in [0.5, 0.6) is 0 Å². The maximum absolute atomic E-state index is 12.7. The average molecular weight is 312 g/mol. The molecule has 2 unspecified atom stereocenters.